The zero-order valence-corrected chi connectivity index (χ0v) is 15.1. The minimum Gasteiger partial charge on any atom is -0.493 e. The highest BCUT2D eigenvalue weighted by Gasteiger charge is 2.17. The summed E-state index contributed by atoms with van der Waals surface area (Å²) in [5, 5.41) is 4.15. The molecule has 0 unspecified atom stereocenters. The van der Waals surface area contributed by atoms with Crippen LogP contribution in [0, 0.1) is 0 Å². The van der Waals surface area contributed by atoms with Crippen molar-refractivity contribution in [3.8, 4) is 11.5 Å². The van der Waals surface area contributed by atoms with Gasteiger partial charge in [0.25, 0.3) is 5.91 Å². The predicted octanol–water partition coefficient (Wildman–Crippen LogP) is 1.77. The van der Waals surface area contributed by atoms with Crippen LogP contribution >= 0.6 is 0 Å². The van der Waals surface area contributed by atoms with E-state index in [2.05, 4.69) is 15.5 Å². The summed E-state index contributed by atoms with van der Waals surface area (Å²) < 4.78 is 16.3. The highest BCUT2D eigenvalue weighted by atomic mass is 16.5. The molecule has 27 heavy (non-hydrogen) atoms. The molecule has 0 spiro atoms. The number of amides is 1. The lowest BCUT2D eigenvalue weighted by Crippen LogP contribution is -2.43. The smallest absolute Gasteiger partial charge is 0.260 e. The van der Waals surface area contributed by atoms with Gasteiger partial charge >= 0.3 is 0 Å². The van der Waals surface area contributed by atoms with Gasteiger partial charge in [-0.3, -0.25) is 10.2 Å². The zero-order valence-electron chi connectivity index (χ0n) is 15.1. The Morgan fingerprint density at radius 3 is 2.89 bits per heavy atom. The van der Waals surface area contributed by atoms with Gasteiger partial charge in [-0.25, -0.2) is 4.98 Å². The number of morpholine rings is 1. The Hall–Kier alpha value is -3.13. The molecule has 1 aliphatic heterocycles. The van der Waals surface area contributed by atoms with Gasteiger partial charge in [-0.15, -0.1) is 0 Å². The first-order valence-electron chi connectivity index (χ1n) is 8.63. The van der Waals surface area contributed by atoms with E-state index in [0.717, 1.165) is 5.56 Å². The van der Waals surface area contributed by atoms with E-state index in [0.29, 0.717) is 43.6 Å². The lowest BCUT2D eigenvalue weighted by molar-refractivity contribution is -0.137. The normalized spacial score (nSPS) is 14.2. The molecule has 1 amide bonds. The van der Waals surface area contributed by atoms with Crippen molar-refractivity contribution < 1.29 is 19.0 Å². The number of anilines is 1. The fourth-order valence-corrected chi connectivity index (χ4v) is 2.53. The molecule has 1 N–H and O–H groups in total. The molecule has 1 fully saturated rings. The van der Waals surface area contributed by atoms with Gasteiger partial charge in [0.1, 0.15) is 5.82 Å². The van der Waals surface area contributed by atoms with Gasteiger partial charge in [0.2, 0.25) is 0 Å². The third-order valence-electron chi connectivity index (χ3n) is 3.96. The first-order chi connectivity index (χ1) is 13.3. The van der Waals surface area contributed by atoms with Crippen LogP contribution in [0.3, 0.4) is 0 Å². The van der Waals surface area contributed by atoms with Gasteiger partial charge in [-0.2, -0.15) is 5.10 Å². The van der Waals surface area contributed by atoms with Crippen molar-refractivity contribution in [1.82, 2.24) is 9.88 Å². The van der Waals surface area contributed by atoms with E-state index in [9.17, 15) is 4.79 Å². The van der Waals surface area contributed by atoms with Crippen molar-refractivity contribution in [3.05, 3.63) is 48.2 Å². The first kappa shape index (κ1) is 18.7. The molecule has 3 rings (SSSR count). The Kier molecular flexibility index (Phi) is 6.59. The van der Waals surface area contributed by atoms with Crippen LogP contribution in [0.1, 0.15) is 5.56 Å². The van der Waals surface area contributed by atoms with E-state index >= 15 is 0 Å². The maximum absolute atomic E-state index is 12.2. The molecule has 0 saturated carbocycles. The molecular formula is C19H22N4O4. The number of pyridine rings is 1. The molecule has 1 aromatic heterocycles. The van der Waals surface area contributed by atoms with Gasteiger partial charge < -0.3 is 19.1 Å². The molecule has 8 nitrogen and oxygen atoms in total. The van der Waals surface area contributed by atoms with E-state index in [1.165, 1.54) is 0 Å². The van der Waals surface area contributed by atoms with Crippen molar-refractivity contribution in [3.63, 3.8) is 0 Å². The van der Waals surface area contributed by atoms with E-state index in [1.807, 2.05) is 24.3 Å². The number of ether oxygens (including phenoxy) is 3. The van der Waals surface area contributed by atoms with E-state index in [-0.39, 0.29) is 12.5 Å². The minimum atomic E-state index is -0.0643. The van der Waals surface area contributed by atoms with E-state index in [1.54, 1.807) is 36.6 Å². The summed E-state index contributed by atoms with van der Waals surface area (Å²) in [5.74, 6) is 1.63. The van der Waals surface area contributed by atoms with Crippen LogP contribution in [0.15, 0.2) is 47.7 Å². The predicted molar refractivity (Wildman–Crippen MR) is 101 cm³/mol. The lowest BCUT2D eigenvalue weighted by atomic mass is 10.2. The van der Waals surface area contributed by atoms with Crippen molar-refractivity contribution in [2.24, 2.45) is 5.10 Å². The summed E-state index contributed by atoms with van der Waals surface area (Å²) in [6.45, 7) is 2.28. The van der Waals surface area contributed by atoms with Crippen LogP contribution in [0.25, 0.3) is 0 Å². The lowest BCUT2D eigenvalue weighted by Gasteiger charge is -2.26. The van der Waals surface area contributed by atoms with Gasteiger partial charge in [-0.1, -0.05) is 6.07 Å². The van der Waals surface area contributed by atoms with Gasteiger partial charge in [-0.05, 0) is 35.9 Å². The third kappa shape index (κ3) is 5.42. The second-order valence-electron chi connectivity index (χ2n) is 5.78. The Morgan fingerprint density at radius 2 is 2.15 bits per heavy atom. The fraction of sp³-hybridized carbons (Fsp3) is 0.316. The maximum Gasteiger partial charge on any atom is 0.260 e. The van der Waals surface area contributed by atoms with Crippen LogP contribution in [0.4, 0.5) is 5.82 Å². The molecule has 2 heterocycles. The summed E-state index contributed by atoms with van der Waals surface area (Å²) in [5.41, 5.74) is 3.67. The molecule has 1 aliphatic rings. The van der Waals surface area contributed by atoms with Crippen molar-refractivity contribution >= 4 is 17.9 Å². The molecule has 1 saturated heterocycles. The number of nitrogens with one attached hydrogen (secondary N) is 1. The summed E-state index contributed by atoms with van der Waals surface area (Å²) >= 11 is 0. The van der Waals surface area contributed by atoms with Gasteiger partial charge in [0.05, 0.1) is 26.5 Å². The molecule has 1 aromatic carbocycles. The number of hydrazone groups is 1. The average molecular weight is 370 g/mol. The molecule has 0 radical (unpaired) electrons. The summed E-state index contributed by atoms with van der Waals surface area (Å²) in [6.07, 6.45) is 3.34. The van der Waals surface area contributed by atoms with Crippen LogP contribution in [0.5, 0.6) is 11.5 Å². The molecule has 8 heteroatoms. The first-order valence-corrected chi connectivity index (χ1v) is 8.63. The maximum atomic E-state index is 12.2. The Balaban J connectivity index is 1.57. The number of nitrogens with zero attached hydrogens (tertiary/aromatic N) is 3. The second kappa shape index (κ2) is 9.54. The summed E-state index contributed by atoms with van der Waals surface area (Å²) in [4.78, 5) is 18.0. The monoisotopic (exact) mass is 370 g/mol. The number of carbonyl (C=O) groups excluding carboxylic acids is 1. The number of benzene rings is 1. The Bertz CT molecular complexity index is 777. The van der Waals surface area contributed by atoms with Crippen LogP contribution in [-0.2, 0) is 9.53 Å². The third-order valence-corrected chi connectivity index (χ3v) is 3.96. The number of carbonyl (C=O) groups is 1. The van der Waals surface area contributed by atoms with Crippen molar-refractivity contribution in [1.29, 1.82) is 0 Å². The molecule has 2 aromatic rings. The highest BCUT2D eigenvalue weighted by molar-refractivity contribution is 5.81. The number of rotatable bonds is 7. The average Bonchev–Trinajstić information content (AvgIpc) is 2.73. The van der Waals surface area contributed by atoms with Crippen LogP contribution < -0.4 is 14.9 Å². The molecule has 0 aliphatic carbocycles. The largest absolute Gasteiger partial charge is 0.493 e. The van der Waals surface area contributed by atoms with Gasteiger partial charge in [0, 0.05) is 19.3 Å². The van der Waals surface area contributed by atoms with Crippen LogP contribution in [-0.4, -0.2) is 62.0 Å². The Morgan fingerprint density at radius 1 is 1.30 bits per heavy atom. The molecule has 0 bridgehead atoms. The summed E-state index contributed by atoms with van der Waals surface area (Å²) in [7, 11) is 1.55. The quantitative estimate of drug-likeness (QED) is 0.591. The van der Waals surface area contributed by atoms with Crippen molar-refractivity contribution in [2.45, 2.75) is 0 Å². The highest BCUT2D eigenvalue weighted by Crippen LogP contribution is 2.27. The second-order valence-corrected chi connectivity index (χ2v) is 5.78. The summed E-state index contributed by atoms with van der Waals surface area (Å²) in [6, 6.07) is 10.9. The van der Waals surface area contributed by atoms with E-state index < -0.39 is 0 Å². The molecule has 142 valence electrons. The van der Waals surface area contributed by atoms with Gasteiger partial charge in [0.15, 0.2) is 18.1 Å². The number of hydrogen-bond donors (Lipinski definition) is 1. The fourth-order valence-electron chi connectivity index (χ4n) is 2.53. The van der Waals surface area contributed by atoms with E-state index in [4.69, 9.17) is 14.2 Å². The standard InChI is InChI=1S/C19H22N4O4/c1-25-17-12-15(13-21-22-18-4-2-3-7-20-18)5-6-16(17)27-14-19(24)23-8-10-26-11-9-23/h2-7,12-13H,8-11,14H2,1H3,(H,20,22)/b21-13+. The molecular weight excluding hydrogens is 348 g/mol. The Labute approximate surface area is 157 Å². The van der Waals surface area contributed by atoms with Crippen LogP contribution in [0.2, 0.25) is 0 Å². The molecule has 0 atom stereocenters. The SMILES string of the molecule is COc1cc(/C=N/Nc2ccccn2)ccc1OCC(=O)N1CCOCC1. The topological polar surface area (TPSA) is 85.3 Å². The minimum absolute atomic E-state index is 0.0367. The number of methoxy groups -OCH3 is 1. The number of hydrogen-bond acceptors (Lipinski definition) is 7. The van der Waals surface area contributed by atoms with Crippen molar-refractivity contribution in [2.75, 3.05) is 45.4 Å². The number of aromatic nitrogens is 1. The zero-order chi connectivity index (χ0) is 18.9.